The number of nitrogens with one attached hydrogen (secondary N) is 1. The fourth-order valence-electron chi connectivity index (χ4n) is 2.35. The number of rotatable bonds is 4. The van der Waals surface area contributed by atoms with E-state index in [1.165, 1.54) is 7.11 Å². The first-order valence-corrected chi connectivity index (χ1v) is 8.03. The number of para-hydroxylation sites is 2. The number of methoxy groups -OCH3 is 1. The number of anilines is 2. The van der Waals surface area contributed by atoms with Crippen LogP contribution in [-0.4, -0.2) is 29.6 Å². The van der Waals surface area contributed by atoms with Crippen LogP contribution in [0.1, 0.15) is 10.4 Å². The third kappa shape index (κ3) is 2.98. The average Bonchev–Trinajstić information content (AvgIpc) is 2.89. The van der Waals surface area contributed by atoms with E-state index < -0.39 is 11.3 Å². The van der Waals surface area contributed by atoms with Gasteiger partial charge in [-0.05, 0) is 36.0 Å². The number of carbonyl (C=O) groups is 3. The van der Waals surface area contributed by atoms with Gasteiger partial charge in [0.1, 0.15) is 0 Å². The lowest BCUT2D eigenvalue weighted by Crippen LogP contribution is -2.34. The zero-order valence-electron chi connectivity index (χ0n) is 12.8. The molecule has 24 heavy (non-hydrogen) atoms. The van der Waals surface area contributed by atoms with Crippen molar-refractivity contribution in [2.45, 2.75) is 5.37 Å². The lowest BCUT2D eigenvalue weighted by Gasteiger charge is -2.16. The van der Waals surface area contributed by atoms with Gasteiger partial charge in [0.05, 0.1) is 18.4 Å². The van der Waals surface area contributed by atoms with Crippen LogP contribution in [0.5, 0.6) is 0 Å². The Labute approximate surface area is 142 Å². The minimum absolute atomic E-state index is 0.305. The third-order valence-corrected chi connectivity index (χ3v) is 4.42. The van der Waals surface area contributed by atoms with Crippen LogP contribution in [0.2, 0.25) is 0 Å². The standard InChI is InChI=1S/C17H14N2O4S/c1-23-16(21)12-9-5-6-10-13(12)18-14-15(20)19(17(22)24-14)11-7-3-2-4-8-11/h2-10,14,18H,1H3. The van der Waals surface area contributed by atoms with E-state index in [4.69, 9.17) is 4.74 Å². The van der Waals surface area contributed by atoms with E-state index in [9.17, 15) is 14.4 Å². The lowest BCUT2D eigenvalue weighted by atomic mass is 10.2. The van der Waals surface area contributed by atoms with Gasteiger partial charge in [0, 0.05) is 5.69 Å². The molecule has 1 aliphatic heterocycles. The molecular formula is C17H14N2O4S. The molecule has 0 radical (unpaired) electrons. The van der Waals surface area contributed by atoms with Crippen LogP contribution in [0.3, 0.4) is 0 Å². The Kier molecular flexibility index (Phi) is 4.52. The molecule has 1 heterocycles. The van der Waals surface area contributed by atoms with Gasteiger partial charge < -0.3 is 10.1 Å². The van der Waals surface area contributed by atoms with Crippen LogP contribution >= 0.6 is 11.8 Å². The predicted molar refractivity (Wildman–Crippen MR) is 92.1 cm³/mol. The van der Waals surface area contributed by atoms with Crippen molar-refractivity contribution < 1.29 is 19.1 Å². The Hall–Kier alpha value is -2.80. The fraction of sp³-hybridized carbons (Fsp3) is 0.118. The van der Waals surface area contributed by atoms with E-state index in [0.717, 1.165) is 16.7 Å². The molecule has 1 atom stereocenters. The second kappa shape index (κ2) is 6.76. The Bertz CT molecular complexity index is 794. The maximum Gasteiger partial charge on any atom is 0.339 e. The van der Waals surface area contributed by atoms with Crippen molar-refractivity contribution in [3.8, 4) is 0 Å². The van der Waals surface area contributed by atoms with Gasteiger partial charge in [-0.2, -0.15) is 0 Å². The second-order valence-corrected chi connectivity index (χ2v) is 6.01. The molecule has 1 aliphatic rings. The van der Waals surface area contributed by atoms with E-state index in [1.54, 1.807) is 48.5 Å². The Morgan fingerprint density at radius 3 is 2.46 bits per heavy atom. The molecule has 0 bridgehead atoms. The summed E-state index contributed by atoms with van der Waals surface area (Å²) >= 11 is 0.874. The molecule has 7 heteroatoms. The van der Waals surface area contributed by atoms with Crippen LogP contribution in [-0.2, 0) is 9.53 Å². The number of esters is 1. The number of amides is 2. The van der Waals surface area contributed by atoms with Gasteiger partial charge in [0.15, 0.2) is 5.37 Å². The van der Waals surface area contributed by atoms with Crippen LogP contribution in [0.25, 0.3) is 0 Å². The maximum absolute atomic E-state index is 12.6. The first-order valence-electron chi connectivity index (χ1n) is 7.15. The highest BCUT2D eigenvalue weighted by Gasteiger charge is 2.41. The summed E-state index contributed by atoms with van der Waals surface area (Å²) in [5, 5.41) is 1.79. The summed E-state index contributed by atoms with van der Waals surface area (Å²) in [7, 11) is 1.29. The van der Waals surface area contributed by atoms with Crippen molar-refractivity contribution in [1.29, 1.82) is 0 Å². The molecule has 1 fully saturated rings. The molecule has 1 saturated heterocycles. The SMILES string of the molecule is COC(=O)c1ccccc1NC1SC(=O)N(c2ccccc2)C1=O. The minimum atomic E-state index is -0.802. The zero-order valence-corrected chi connectivity index (χ0v) is 13.6. The van der Waals surface area contributed by atoms with Gasteiger partial charge in [-0.3, -0.25) is 9.59 Å². The quantitative estimate of drug-likeness (QED) is 0.861. The zero-order chi connectivity index (χ0) is 17.1. The molecule has 0 saturated carbocycles. The third-order valence-electron chi connectivity index (χ3n) is 3.48. The second-order valence-electron chi connectivity index (χ2n) is 4.95. The molecule has 6 nitrogen and oxygen atoms in total. The molecule has 2 aromatic carbocycles. The summed E-state index contributed by atoms with van der Waals surface area (Å²) in [6.07, 6.45) is 0. The molecule has 122 valence electrons. The van der Waals surface area contributed by atoms with Crippen molar-refractivity contribution >= 4 is 40.3 Å². The molecule has 0 spiro atoms. The number of carbonyl (C=O) groups excluding carboxylic acids is 3. The predicted octanol–water partition coefficient (Wildman–Crippen LogP) is 3.11. The lowest BCUT2D eigenvalue weighted by molar-refractivity contribution is -0.116. The number of ether oxygens (including phenoxy) is 1. The highest BCUT2D eigenvalue weighted by molar-refractivity contribution is 8.16. The van der Waals surface area contributed by atoms with Crippen molar-refractivity contribution in [3.05, 3.63) is 60.2 Å². The van der Waals surface area contributed by atoms with Gasteiger partial charge in [-0.25, -0.2) is 9.69 Å². The summed E-state index contributed by atoms with van der Waals surface area (Å²) in [6.45, 7) is 0. The van der Waals surface area contributed by atoms with Gasteiger partial charge in [-0.1, -0.05) is 30.3 Å². The van der Waals surface area contributed by atoms with Crippen molar-refractivity contribution in [2.75, 3.05) is 17.3 Å². The molecular weight excluding hydrogens is 328 g/mol. The summed E-state index contributed by atoms with van der Waals surface area (Å²) in [5.74, 6) is -0.893. The number of thioether (sulfide) groups is 1. The van der Waals surface area contributed by atoms with Crippen LogP contribution in [0.15, 0.2) is 54.6 Å². The summed E-state index contributed by atoms with van der Waals surface area (Å²) in [4.78, 5) is 37.7. The van der Waals surface area contributed by atoms with Crippen LogP contribution < -0.4 is 10.2 Å². The monoisotopic (exact) mass is 342 g/mol. The number of benzene rings is 2. The van der Waals surface area contributed by atoms with E-state index in [0.29, 0.717) is 16.9 Å². The molecule has 1 N–H and O–H groups in total. The summed E-state index contributed by atoms with van der Waals surface area (Å²) in [6, 6.07) is 15.4. The van der Waals surface area contributed by atoms with Crippen molar-refractivity contribution in [3.63, 3.8) is 0 Å². The molecule has 0 aromatic heterocycles. The normalized spacial score (nSPS) is 17.0. The molecule has 0 aliphatic carbocycles. The maximum atomic E-state index is 12.6. The average molecular weight is 342 g/mol. The van der Waals surface area contributed by atoms with Crippen LogP contribution in [0, 0.1) is 0 Å². The van der Waals surface area contributed by atoms with Gasteiger partial charge >= 0.3 is 5.97 Å². The van der Waals surface area contributed by atoms with Gasteiger partial charge in [-0.15, -0.1) is 0 Å². The Morgan fingerprint density at radius 1 is 1.08 bits per heavy atom. The summed E-state index contributed by atoms with van der Waals surface area (Å²) < 4.78 is 4.73. The number of nitrogens with zero attached hydrogens (tertiary/aromatic N) is 1. The number of hydrogen-bond donors (Lipinski definition) is 1. The highest BCUT2D eigenvalue weighted by atomic mass is 32.2. The molecule has 2 amide bonds. The number of hydrogen-bond acceptors (Lipinski definition) is 6. The first-order chi connectivity index (χ1) is 11.6. The van der Waals surface area contributed by atoms with E-state index in [1.807, 2.05) is 6.07 Å². The van der Waals surface area contributed by atoms with E-state index >= 15 is 0 Å². The van der Waals surface area contributed by atoms with Gasteiger partial charge in [0.25, 0.3) is 11.1 Å². The first kappa shape index (κ1) is 16.1. The van der Waals surface area contributed by atoms with E-state index in [2.05, 4.69) is 5.32 Å². The minimum Gasteiger partial charge on any atom is -0.465 e. The topological polar surface area (TPSA) is 75.7 Å². The molecule has 1 unspecified atom stereocenters. The van der Waals surface area contributed by atoms with Crippen LogP contribution in [0.4, 0.5) is 16.2 Å². The van der Waals surface area contributed by atoms with Crippen molar-refractivity contribution in [2.24, 2.45) is 0 Å². The molecule has 3 rings (SSSR count). The Morgan fingerprint density at radius 2 is 1.75 bits per heavy atom. The largest absolute Gasteiger partial charge is 0.465 e. The fourth-order valence-corrected chi connectivity index (χ4v) is 3.24. The smallest absolute Gasteiger partial charge is 0.339 e. The molecule has 2 aromatic rings. The Balaban J connectivity index is 1.84. The highest BCUT2D eigenvalue weighted by Crippen LogP contribution is 2.33. The van der Waals surface area contributed by atoms with Gasteiger partial charge in [0.2, 0.25) is 0 Å². The van der Waals surface area contributed by atoms with Crippen molar-refractivity contribution in [1.82, 2.24) is 0 Å². The van der Waals surface area contributed by atoms with E-state index in [-0.39, 0.29) is 11.1 Å². The summed E-state index contributed by atoms with van der Waals surface area (Å²) in [5.41, 5.74) is 1.27. The number of imide groups is 1.